The summed E-state index contributed by atoms with van der Waals surface area (Å²) in [5.74, 6) is 6.94. The van der Waals surface area contributed by atoms with E-state index in [1.54, 1.807) is 42.7 Å². The topological polar surface area (TPSA) is 224 Å². The molecule has 4 fully saturated rings. The number of likely N-dealkylation sites (tertiary alicyclic amines) is 1. The number of benzene rings is 4. The van der Waals surface area contributed by atoms with Crippen LogP contribution in [-0.2, 0) is 27.5 Å². The number of halogens is 2. The molecule has 7 aromatic rings. The van der Waals surface area contributed by atoms with Gasteiger partial charge in [0.1, 0.15) is 42.4 Å². The van der Waals surface area contributed by atoms with Gasteiger partial charge in [0.25, 0.3) is 0 Å². The van der Waals surface area contributed by atoms with Crippen LogP contribution in [0.25, 0.3) is 49.1 Å². The van der Waals surface area contributed by atoms with Crippen LogP contribution >= 0.6 is 22.9 Å². The van der Waals surface area contributed by atoms with Crippen LogP contribution in [0.1, 0.15) is 73.9 Å². The molecule has 4 aromatic carbocycles. The van der Waals surface area contributed by atoms with E-state index in [2.05, 4.69) is 30.7 Å². The van der Waals surface area contributed by atoms with Crippen LogP contribution in [0.4, 0.5) is 10.2 Å². The fourth-order valence-electron chi connectivity index (χ4n) is 12.1. The molecule has 7 heterocycles. The Morgan fingerprint density at radius 2 is 1.86 bits per heavy atom. The predicted molar refractivity (Wildman–Crippen MR) is 302 cm³/mol. The number of hydrazine groups is 1. The number of fused-ring (bicyclic) bond motifs is 7. The number of amides is 2. The van der Waals surface area contributed by atoms with E-state index in [1.807, 2.05) is 74.8 Å². The first-order chi connectivity index (χ1) is 38.2. The van der Waals surface area contributed by atoms with E-state index in [4.69, 9.17) is 52.1 Å². The van der Waals surface area contributed by atoms with Gasteiger partial charge in [-0.2, -0.15) is 15.1 Å². The quantitative estimate of drug-likeness (QED) is 0.0404. The summed E-state index contributed by atoms with van der Waals surface area (Å²) < 4.78 is 41.9. The first-order valence-electron chi connectivity index (χ1n) is 27.0. The Hall–Kier alpha value is -7.10. The number of anilines is 1. The zero-order chi connectivity index (χ0) is 54.9. The van der Waals surface area contributed by atoms with Crippen LogP contribution < -0.4 is 41.3 Å². The third kappa shape index (κ3) is 9.74. The molecule has 18 nitrogen and oxygen atoms in total. The van der Waals surface area contributed by atoms with Gasteiger partial charge in [0.15, 0.2) is 11.5 Å². The largest absolute Gasteiger partial charge is 0.489 e. The maximum absolute atomic E-state index is 16.1. The average molecular weight is 1110 g/mol. The highest BCUT2D eigenvalue weighted by atomic mass is 35.5. The number of aromatic amines is 1. The first kappa shape index (κ1) is 52.6. The molecule has 0 spiro atoms. The Labute approximate surface area is 465 Å². The Balaban J connectivity index is 0.813. The number of ether oxygens (including phenoxy) is 4. The van der Waals surface area contributed by atoms with Crippen molar-refractivity contribution in [2.75, 3.05) is 44.9 Å². The van der Waals surface area contributed by atoms with Crippen molar-refractivity contribution in [3.8, 4) is 39.1 Å². The number of nitrogens with one attached hydrogen (secondary N) is 3. The minimum Gasteiger partial charge on any atom is -0.489 e. The van der Waals surface area contributed by atoms with Gasteiger partial charge >= 0.3 is 6.01 Å². The number of carbonyl (C=O) groups excluding carboxylic acids is 2. The lowest BCUT2D eigenvalue weighted by molar-refractivity contribution is -0.143. The zero-order valence-electron chi connectivity index (χ0n) is 44.8. The van der Waals surface area contributed by atoms with Crippen molar-refractivity contribution >= 4 is 68.1 Å². The summed E-state index contributed by atoms with van der Waals surface area (Å²) in [5, 5.41) is 16.7. The van der Waals surface area contributed by atoms with Gasteiger partial charge in [-0.05, 0) is 85.8 Å². The average Bonchev–Trinajstić information content (AvgIpc) is 3.80. The molecule has 412 valence electrons. The molecule has 1 saturated carbocycles. The van der Waals surface area contributed by atoms with E-state index < -0.39 is 17.9 Å². The van der Waals surface area contributed by atoms with E-state index in [0.717, 1.165) is 53.1 Å². The van der Waals surface area contributed by atoms with Crippen molar-refractivity contribution in [2.45, 2.75) is 103 Å². The molecule has 3 aromatic heterocycles. The Morgan fingerprint density at radius 1 is 1.08 bits per heavy atom. The Morgan fingerprint density at radius 3 is 2.59 bits per heavy atom. The van der Waals surface area contributed by atoms with Gasteiger partial charge in [-0.1, -0.05) is 74.0 Å². The summed E-state index contributed by atoms with van der Waals surface area (Å²) in [6.07, 6.45) is 7.32. The van der Waals surface area contributed by atoms with E-state index in [-0.39, 0.29) is 58.9 Å². The molecule has 79 heavy (non-hydrogen) atoms. The lowest BCUT2D eigenvalue weighted by atomic mass is 9.93. The molecule has 1 aliphatic carbocycles. The molecule has 4 aliphatic heterocycles. The number of carbonyl (C=O) groups is 2. The van der Waals surface area contributed by atoms with E-state index in [0.29, 0.717) is 113 Å². The zero-order valence-corrected chi connectivity index (χ0v) is 46.3. The molecular formula is C58H64ClFN12O6S. The molecule has 3 saturated heterocycles. The second-order valence-electron chi connectivity index (χ2n) is 22.1. The summed E-state index contributed by atoms with van der Waals surface area (Å²) in [6.45, 7) is 10.4. The number of aromatic nitrogens is 5. The fourth-order valence-corrected chi connectivity index (χ4v) is 13.2. The summed E-state index contributed by atoms with van der Waals surface area (Å²) in [7, 11) is 1.70. The number of rotatable bonds is 18. The number of thiazole rings is 1. The van der Waals surface area contributed by atoms with Gasteiger partial charge < -0.3 is 50.1 Å². The fraction of sp³-hybridized carbons (Fsp3) is 0.414. The maximum atomic E-state index is 16.1. The smallest absolute Gasteiger partial charge is 0.319 e. The number of H-pyrrole nitrogens is 1. The van der Waals surface area contributed by atoms with Crippen molar-refractivity contribution in [3.63, 3.8) is 0 Å². The molecule has 5 aliphatic rings. The minimum atomic E-state index is -0.803. The van der Waals surface area contributed by atoms with Crippen LogP contribution in [0.15, 0.2) is 72.5 Å². The number of methoxy groups -OCH3 is 1. The minimum absolute atomic E-state index is 0.0376. The van der Waals surface area contributed by atoms with Gasteiger partial charge in [-0.25, -0.2) is 15.2 Å². The van der Waals surface area contributed by atoms with E-state index in [9.17, 15) is 9.59 Å². The first-order valence-corrected chi connectivity index (χ1v) is 28.2. The molecule has 7 N–H and O–H groups in total. The number of piperazine rings is 1. The summed E-state index contributed by atoms with van der Waals surface area (Å²) in [4.78, 5) is 47.8. The lowest BCUT2D eigenvalue weighted by Gasteiger charge is -2.35. The highest BCUT2D eigenvalue weighted by Gasteiger charge is 2.50. The molecular weight excluding hydrogens is 1050 g/mol. The van der Waals surface area contributed by atoms with Crippen molar-refractivity contribution in [2.24, 2.45) is 22.9 Å². The van der Waals surface area contributed by atoms with Crippen molar-refractivity contribution in [1.82, 2.24) is 45.7 Å². The van der Waals surface area contributed by atoms with Gasteiger partial charge in [-0.3, -0.25) is 14.7 Å². The Kier molecular flexibility index (Phi) is 14.1. The molecule has 0 radical (unpaired) electrons. The second-order valence-corrected chi connectivity index (χ2v) is 23.3. The number of aryl methyl sites for hydroxylation is 1. The van der Waals surface area contributed by atoms with Crippen LogP contribution in [0.3, 0.4) is 0 Å². The molecule has 21 heteroatoms. The number of hydrogen-bond acceptors (Lipinski definition) is 16. The number of nitrogens with zero attached hydrogens (tertiary/aromatic N) is 7. The monoisotopic (exact) mass is 1110 g/mol. The van der Waals surface area contributed by atoms with Crippen LogP contribution in [0, 0.1) is 31.0 Å². The Bertz CT molecular complexity index is 3520. The highest BCUT2D eigenvalue weighted by Crippen LogP contribution is 2.56. The van der Waals surface area contributed by atoms with Gasteiger partial charge in [0.2, 0.25) is 11.8 Å². The van der Waals surface area contributed by atoms with Gasteiger partial charge in [-0.15, -0.1) is 11.3 Å². The second kappa shape index (κ2) is 21.2. The predicted octanol–water partition coefficient (Wildman–Crippen LogP) is 8.17. The molecule has 2 amide bonds. The van der Waals surface area contributed by atoms with Crippen molar-refractivity contribution in [3.05, 3.63) is 111 Å². The molecule has 5 unspecified atom stereocenters. The normalized spacial score (nSPS) is 20.4. The van der Waals surface area contributed by atoms with Crippen LogP contribution in [0.2, 0.25) is 5.02 Å². The van der Waals surface area contributed by atoms with Gasteiger partial charge in [0, 0.05) is 67.0 Å². The van der Waals surface area contributed by atoms with Crippen LogP contribution in [-0.4, -0.2) is 117 Å². The third-order valence-electron chi connectivity index (χ3n) is 16.5. The van der Waals surface area contributed by atoms with Gasteiger partial charge in [0.05, 0.1) is 63.2 Å². The number of nitrogens with two attached hydrogens (primary N) is 2. The van der Waals surface area contributed by atoms with E-state index >= 15 is 4.39 Å². The van der Waals surface area contributed by atoms with E-state index in [1.165, 1.54) is 11.1 Å². The standard InChI is InChI=1S/C58H64ClFN12O6S/c1-30(2)50(56(74)70-18-6-7-43(70)55(73)64-21-33-8-14-36(15-9-33)53-32(4)65-29-79-53)71(62)24-40(61)35-12-10-34(11-13-35)25-76-52-46(45-31(3)39(60)20-41-38(45)23-66-69-41)48(59)51-47-49(52)67-57(78-28-58(16-17-58)27-75-5)68-54(47)72-37-19-42(63-22-37)44(72)26-77-51/h8-15,20,23-24,29-30,37,42-44,50,63H,6-7,16-19,21-22,25-28,61-62H2,1-5H3,(H,64,73)(H,66,69)/b40-24-. The van der Waals surface area contributed by atoms with Crippen molar-refractivity contribution in [1.29, 1.82) is 0 Å². The summed E-state index contributed by atoms with van der Waals surface area (Å²) in [5.41, 5.74) is 15.4. The lowest BCUT2D eigenvalue weighted by Crippen LogP contribution is -2.55. The van der Waals surface area contributed by atoms with Crippen LogP contribution in [0.5, 0.6) is 17.5 Å². The molecule has 12 rings (SSSR count). The maximum Gasteiger partial charge on any atom is 0.319 e. The van der Waals surface area contributed by atoms with Crippen molar-refractivity contribution < 1.29 is 32.9 Å². The molecule has 2 bridgehead atoms. The highest BCUT2D eigenvalue weighted by molar-refractivity contribution is 7.13. The summed E-state index contributed by atoms with van der Waals surface area (Å²) in [6, 6.07) is 16.0. The third-order valence-corrected chi connectivity index (χ3v) is 17.8. The number of hydrogen-bond donors (Lipinski definition) is 5. The molecule has 5 atom stereocenters. The summed E-state index contributed by atoms with van der Waals surface area (Å²) >= 11 is 9.22. The SMILES string of the molecule is COCC1(COc2nc3c4c(c(Cl)c(-c5c(C)c(F)cc6[nH]ncc56)c(OCc5ccc(/C(N)=C/N(N)C(C(=O)N6CCCC6C(=O)NCc6ccc(-c7scnc7C)cc6)C(C)C)cc5)c4n2)OCC2C4CC(CN4)N32)CC1.